The summed E-state index contributed by atoms with van der Waals surface area (Å²) in [5.41, 5.74) is 2.29. The van der Waals surface area contributed by atoms with Crippen LogP contribution in [0.2, 0.25) is 0 Å². The van der Waals surface area contributed by atoms with Crippen LogP contribution in [-0.4, -0.2) is 24.9 Å². The van der Waals surface area contributed by atoms with Crippen LogP contribution in [0.3, 0.4) is 0 Å². The lowest BCUT2D eigenvalue weighted by molar-refractivity contribution is 0.201. The third-order valence-electron chi connectivity index (χ3n) is 3.12. The Kier molecular flexibility index (Phi) is 6.19. The van der Waals surface area contributed by atoms with Crippen LogP contribution in [-0.2, 0) is 13.0 Å². The van der Waals surface area contributed by atoms with E-state index in [0.29, 0.717) is 6.61 Å². The van der Waals surface area contributed by atoms with Gasteiger partial charge in [-0.05, 0) is 48.4 Å². The second-order valence-corrected chi connectivity index (χ2v) is 4.77. The Balaban J connectivity index is 1.69. The van der Waals surface area contributed by atoms with Crippen molar-refractivity contribution in [3.8, 4) is 5.75 Å². The first-order chi connectivity index (χ1) is 10.3. The van der Waals surface area contributed by atoms with Gasteiger partial charge in [-0.15, -0.1) is 0 Å². The SMILES string of the molecule is OCCOc1ccc(CNCCc2ccc(F)cc2)cc1. The van der Waals surface area contributed by atoms with Crippen LogP contribution in [0.15, 0.2) is 48.5 Å². The Bertz CT molecular complexity index is 525. The van der Waals surface area contributed by atoms with Gasteiger partial charge in [-0.2, -0.15) is 0 Å². The fourth-order valence-electron chi connectivity index (χ4n) is 1.98. The lowest BCUT2D eigenvalue weighted by atomic mass is 10.1. The highest BCUT2D eigenvalue weighted by Gasteiger charge is 1.97. The van der Waals surface area contributed by atoms with Gasteiger partial charge in [0.2, 0.25) is 0 Å². The highest BCUT2D eigenvalue weighted by molar-refractivity contribution is 5.27. The molecule has 0 saturated heterocycles. The van der Waals surface area contributed by atoms with Crippen molar-refractivity contribution in [2.24, 2.45) is 0 Å². The molecule has 2 N–H and O–H groups in total. The van der Waals surface area contributed by atoms with Crippen LogP contribution in [0.25, 0.3) is 0 Å². The molecule has 0 unspecified atom stereocenters. The molecule has 0 spiro atoms. The molecule has 0 radical (unpaired) electrons. The van der Waals surface area contributed by atoms with Crippen molar-refractivity contribution in [2.75, 3.05) is 19.8 Å². The van der Waals surface area contributed by atoms with Gasteiger partial charge < -0.3 is 15.2 Å². The molecule has 0 bridgehead atoms. The minimum Gasteiger partial charge on any atom is -0.491 e. The maximum absolute atomic E-state index is 12.8. The van der Waals surface area contributed by atoms with Crippen molar-refractivity contribution in [1.82, 2.24) is 5.32 Å². The zero-order chi connectivity index (χ0) is 14.9. The van der Waals surface area contributed by atoms with Gasteiger partial charge in [0.1, 0.15) is 18.2 Å². The molecule has 4 heteroatoms. The second-order valence-electron chi connectivity index (χ2n) is 4.77. The molecule has 112 valence electrons. The molecule has 0 fully saturated rings. The maximum Gasteiger partial charge on any atom is 0.123 e. The summed E-state index contributed by atoms with van der Waals surface area (Å²) >= 11 is 0. The normalized spacial score (nSPS) is 10.6. The first-order valence-electron chi connectivity index (χ1n) is 7.05. The summed E-state index contributed by atoms with van der Waals surface area (Å²) in [6.07, 6.45) is 0.873. The van der Waals surface area contributed by atoms with Gasteiger partial charge in [-0.1, -0.05) is 24.3 Å². The van der Waals surface area contributed by atoms with Gasteiger partial charge >= 0.3 is 0 Å². The van der Waals surface area contributed by atoms with Crippen LogP contribution in [0, 0.1) is 5.82 Å². The van der Waals surface area contributed by atoms with E-state index in [0.717, 1.165) is 30.8 Å². The highest BCUT2D eigenvalue weighted by Crippen LogP contribution is 2.11. The number of nitrogens with one attached hydrogen (secondary N) is 1. The molecule has 21 heavy (non-hydrogen) atoms. The van der Waals surface area contributed by atoms with E-state index < -0.39 is 0 Å². The fraction of sp³-hybridized carbons (Fsp3) is 0.294. The first kappa shape index (κ1) is 15.5. The molecule has 0 heterocycles. The number of benzene rings is 2. The zero-order valence-corrected chi connectivity index (χ0v) is 11.9. The summed E-state index contributed by atoms with van der Waals surface area (Å²) in [5.74, 6) is 0.564. The first-order valence-corrected chi connectivity index (χ1v) is 7.05. The predicted octanol–water partition coefficient (Wildman–Crippen LogP) is 2.53. The quantitative estimate of drug-likeness (QED) is 0.734. The predicted molar refractivity (Wildman–Crippen MR) is 80.8 cm³/mol. The van der Waals surface area contributed by atoms with Crippen molar-refractivity contribution in [1.29, 1.82) is 0 Å². The number of halogens is 1. The largest absolute Gasteiger partial charge is 0.491 e. The number of ether oxygens (including phenoxy) is 1. The number of aliphatic hydroxyl groups excluding tert-OH is 1. The van der Waals surface area contributed by atoms with Crippen molar-refractivity contribution in [3.63, 3.8) is 0 Å². The van der Waals surface area contributed by atoms with Crippen LogP contribution in [0.1, 0.15) is 11.1 Å². The molecule has 0 saturated carbocycles. The average molecular weight is 289 g/mol. The number of hydrogen-bond donors (Lipinski definition) is 2. The second kappa shape index (κ2) is 8.39. The molecule has 3 nitrogen and oxygen atoms in total. The van der Waals surface area contributed by atoms with Gasteiger partial charge in [0.05, 0.1) is 6.61 Å². The lowest BCUT2D eigenvalue weighted by Gasteiger charge is -2.07. The molecule has 2 aromatic carbocycles. The van der Waals surface area contributed by atoms with Crippen LogP contribution < -0.4 is 10.1 Å². The highest BCUT2D eigenvalue weighted by atomic mass is 19.1. The van der Waals surface area contributed by atoms with E-state index in [1.54, 1.807) is 0 Å². The maximum atomic E-state index is 12.8. The van der Waals surface area contributed by atoms with Crippen molar-refractivity contribution in [2.45, 2.75) is 13.0 Å². The Morgan fingerprint density at radius 3 is 2.29 bits per heavy atom. The minimum absolute atomic E-state index is 0.0205. The van der Waals surface area contributed by atoms with Crippen molar-refractivity contribution < 1.29 is 14.2 Å². The van der Waals surface area contributed by atoms with Crippen molar-refractivity contribution >= 4 is 0 Å². The van der Waals surface area contributed by atoms with Gasteiger partial charge in [-0.25, -0.2) is 4.39 Å². The van der Waals surface area contributed by atoms with E-state index in [-0.39, 0.29) is 12.4 Å². The van der Waals surface area contributed by atoms with Crippen LogP contribution in [0.4, 0.5) is 4.39 Å². The minimum atomic E-state index is -0.199. The molecular weight excluding hydrogens is 269 g/mol. The molecule has 0 aromatic heterocycles. The van der Waals surface area contributed by atoms with E-state index >= 15 is 0 Å². The number of hydrogen-bond acceptors (Lipinski definition) is 3. The summed E-state index contributed by atoms with van der Waals surface area (Å²) in [6, 6.07) is 14.4. The molecule has 2 aromatic rings. The molecule has 0 aliphatic rings. The fourth-order valence-corrected chi connectivity index (χ4v) is 1.98. The van der Waals surface area contributed by atoms with Crippen LogP contribution >= 0.6 is 0 Å². The Labute approximate surface area is 124 Å². The Hall–Kier alpha value is -1.91. The summed E-state index contributed by atoms with van der Waals surface area (Å²) in [4.78, 5) is 0. The average Bonchev–Trinajstić information content (AvgIpc) is 2.52. The summed E-state index contributed by atoms with van der Waals surface area (Å²) < 4.78 is 18.1. The smallest absolute Gasteiger partial charge is 0.123 e. The van der Waals surface area contributed by atoms with Crippen molar-refractivity contribution in [3.05, 3.63) is 65.5 Å². The summed E-state index contributed by atoms with van der Waals surface area (Å²) in [6.45, 7) is 1.96. The molecule has 2 rings (SSSR count). The van der Waals surface area contributed by atoms with Gasteiger partial charge in [-0.3, -0.25) is 0 Å². The standard InChI is InChI=1S/C17H20FNO2/c18-16-5-1-14(2-6-16)9-10-19-13-15-3-7-17(8-4-15)21-12-11-20/h1-8,19-20H,9-13H2. The van der Waals surface area contributed by atoms with Gasteiger partial charge in [0, 0.05) is 6.54 Å². The zero-order valence-electron chi connectivity index (χ0n) is 11.9. The molecule has 0 atom stereocenters. The summed E-state index contributed by atoms with van der Waals surface area (Å²) in [7, 11) is 0. The molecule has 0 aliphatic heterocycles. The third-order valence-corrected chi connectivity index (χ3v) is 3.12. The van der Waals surface area contributed by atoms with E-state index in [4.69, 9.17) is 9.84 Å². The van der Waals surface area contributed by atoms with E-state index in [2.05, 4.69) is 5.32 Å². The number of rotatable bonds is 8. The summed E-state index contributed by atoms with van der Waals surface area (Å²) in [5, 5.41) is 12.0. The van der Waals surface area contributed by atoms with Crippen LogP contribution in [0.5, 0.6) is 5.75 Å². The Morgan fingerprint density at radius 1 is 0.952 bits per heavy atom. The molecule has 0 amide bonds. The third kappa shape index (κ3) is 5.53. The monoisotopic (exact) mass is 289 g/mol. The topological polar surface area (TPSA) is 41.5 Å². The van der Waals surface area contributed by atoms with E-state index in [9.17, 15) is 4.39 Å². The Morgan fingerprint density at radius 2 is 1.62 bits per heavy atom. The van der Waals surface area contributed by atoms with Gasteiger partial charge in [0.25, 0.3) is 0 Å². The van der Waals surface area contributed by atoms with E-state index in [1.807, 2.05) is 36.4 Å². The molecular formula is C17H20FNO2. The lowest BCUT2D eigenvalue weighted by Crippen LogP contribution is -2.16. The van der Waals surface area contributed by atoms with Gasteiger partial charge in [0.15, 0.2) is 0 Å². The molecule has 0 aliphatic carbocycles. The number of aliphatic hydroxyl groups is 1. The van der Waals surface area contributed by atoms with E-state index in [1.165, 1.54) is 17.7 Å².